The minimum Gasteiger partial charge on any atom is -0.503 e. The van der Waals surface area contributed by atoms with E-state index >= 15 is 0 Å². The molecule has 3 atom stereocenters. The number of halogens is 3. The Hall–Kier alpha value is -2.95. The zero-order valence-corrected chi connectivity index (χ0v) is 18.1. The first-order valence-electron chi connectivity index (χ1n) is 10.6. The molecule has 1 aromatic carbocycles. The van der Waals surface area contributed by atoms with E-state index < -0.39 is 58.1 Å². The van der Waals surface area contributed by atoms with E-state index in [0.29, 0.717) is 23.9 Å². The molecular weight excluding hydrogens is 459 g/mol. The van der Waals surface area contributed by atoms with Gasteiger partial charge < -0.3 is 19.9 Å². The topological polar surface area (TPSA) is 91.6 Å². The molecule has 2 aromatic rings. The average molecular weight is 479 g/mol. The summed E-state index contributed by atoms with van der Waals surface area (Å²) in [5, 5.41) is 13.0. The van der Waals surface area contributed by atoms with E-state index in [1.165, 1.54) is 10.8 Å². The normalized spacial score (nSPS) is 23.7. The molecule has 1 saturated heterocycles. The molecule has 0 spiro atoms. The van der Waals surface area contributed by atoms with E-state index in [1.807, 2.05) is 0 Å². The molecule has 2 bridgehead atoms. The predicted molar refractivity (Wildman–Crippen MR) is 113 cm³/mol. The van der Waals surface area contributed by atoms with Crippen LogP contribution in [0.25, 0.3) is 0 Å². The van der Waals surface area contributed by atoms with E-state index in [1.54, 1.807) is 16.7 Å². The molecule has 174 valence electrons. The number of nitrogens with zero attached hydrogens (tertiary/aromatic N) is 2. The van der Waals surface area contributed by atoms with Crippen molar-refractivity contribution in [1.82, 2.24) is 14.8 Å². The molecule has 33 heavy (non-hydrogen) atoms. The number of carbonyl (C=O) groups excluding carboxylic acids is 2. The Morgan fingerprint density at radius 1 is 1.18 bits per heavy atom. The number of amides is 2. The predicted octanol–water partition coefficient (Wildman–Crippen LogP) is 2.74. The van der Waals surface area contributed by atoms with E-state index in [0.717, 1.165) is 25.7 Å². The Labute approximate surface area is 190 Å². The molecule has 1 aromatic heterocycles. The number of fused-ring (bicyclic) bond motifs is 5. The third-order valence-electron chi connectivity index (χ3n) is 6.47. The van der Waals surface area contributed by atoms with Crippen molar-refractivity contribution in [3.05, 3.63) is 62.8 Å². The van der Waals surface area contributed by atoms with Gasteiger partial charge in [0.2, 0.25) is 5.43 Å². The highest BCUT2D eigenvalue weighted by atomic mass is 32.2. The Kier molecular flexibility index (Phi) is 5.38. The van der Waals surface area contributed by atoms with Crippen LogP contribution in [0.3, 0.4) is 0 Å². The number of aromatic nitrogens is 1. The summed E-state index contributed by atoms with van der Waals surface area (Å²) in [6, 6.07) is 1.03. The van der Waals surface area contributed by atoms with Gasteiger partial charge in [-0.1, -0.05) is 6.42 Å². The van der Waals surface area contributed by atoms with Crippen LogP contribution < -0.4 is 10.7 Å². The van der Waals surface area contributed by atoms with Crippen LogP contribution in [-0.2, 0) is 13.1 Å². The van der Waals surface area contributed by atoms with Crippen LogP contribution in [0, 0.1) is 17.5 Å². The number of hydrogen-bond donors (Lipinski definition) is 2. The summed E-state index contributed by atoms with van der Waals surface area (Å²) in [4.78, 5) is 40.3. The molecule has 1 unspecified atom stereocenters. The molecular formula is C22H20F3N3O4S. The Bertz CT molecular complexity index is 1210. The van der Waals surface area contributed by atoms with Crippen LogP contribution in [0.4, 0.5) is 13.2 Å². The number of thioether (sulfide) groups is 1. The third kappa shape index (κ3) is 3.68. The van der Waals surface area contributed by atoms with Gasteiger partial charge in [-0.05, 0) is 19.3 Å². The van der Waals surface area contributed by atoms with Crippen LogP contribution in [0.2, 0.25) is 0 Å². The number of carbonyl (C=O) groups is 2. The maximum atomic E-state index is 13.8. The summed E-state index contributed by atoms with van der Waals surface area (Å²) in [6.07, 6.45) is 5.05. The standard InChI is InChI=1S/C22H20F3N3O4S/c23-10-4-15(24)13(16(25)5-10)7-26-21(31)14-8-27-9-17-28(11-2-1-3-12(6-11)33-17)22(32)18(27)20(30)19(14)29/h4-5,8,11-12,17,30H,1-3,6-7,9H2,(H,26,31)/t11-,12-,17?/m0/s1. The molecule has 11 heteroatoms. The Morgan fingerprint density at radius 3 is 2.64 bits per heavy atom. The van der Waals surface area contributed by atoms with E-state index in [-0.39, 0.29) is 17.1 Å². The van der Waals surface area contributed by atoms with Crippen molar-refractivity contribution < 1.29 is 27.9 Å². The molecule has 2 aliphatic heterocycles. The quantitative estimate of drug-likeness (QED) is 0.707. The second-order valence-electron chi connectivity index (χ2n) is 8.50. The number of aromatic hydroxyl groups is 1. The zero-order chi connectivity index (χ0) is 23.4. The molecule has 1 saturated carbocycles. The molecule has 2 amide bonds. The number of rotatable bonds is 3. The Morgan fingerprint density at radius 2 is 1.91 bits per heavy atom. The summed E-state index contributed by atoms with van der Waals surface area (Å²) in [7, 11) is 0. The maximum absolute atomic E-state index is 13.8. The molecule has 3 aliphatic rings. The summed E-state index contributed by atoms with van der Waals surface area (Å²) in [5.74, 6) is -5.70. The fraction of sp³-hybridized carbons (Fsp3) is 0.409. The SMILES string of the molecule is O=C(NCc1c(F)cc(F)cc1F)c1cn2c(c(O)c1=O)C(=O)N1C(C2)S[C@H]2CCC[C@H]1C2. The molecule has 2 N–H and O–H groups in total. The summed E-state index contributed by atoms with van der Waals surface area (Å²) in [6.45, 7) is -0.332. The lowest BCUT2D eigenvalue weighted by molar-refractivity contribution is 0.0496. The van der Waals surface area contributed by atoms with Crippen molar-refractivity contribution in [3.63, 3.8) is 0 Å². The minimum absolute atomic E-state index is 0.0641. The van der Waals surface area contributed by atoms with Gasteiger partial charge in [-0.3, -0.25) is 14.4 Å². The van der Waals surface area contributed by atoms with E-state index in [9.17, 15) is 32.7 Å². The van der Waals surface area contributed by atoms with Gasteiger partial charge in [-0.25, -0.2) is 13.2 Å². The van der Waals surface area contributed by atoms with E-state index in [2.05, 4.69) is 5.32 Å². The fourth-order valence-corrected chi connectivity index (χ4v) is 6.65. The van der Waals surface area contributed by atoms with Crippen molar-refractivity contribution in [2.75, 3.05) is 0 Å². The smallest absolute Gasteiger partial charge is 0.275 e. The summed E-state index contributed by atoms with van der Waals surface area (Å²) in [5.41, 5.74) is -2.23. The van der Waals surface area contributed by atoms with Gasteiger partial charge in [0.15, 0.2) is 11.4 Å². The third-order valence-corrected chi connectivity index (χ3v) is 7.98. The monoisotopic (exact) mass is 479 g/mol. The zero-order valence-electron chi connectivity index (χ0n) is 17.3. The van der Waals surface area contributed by atoms with Gasteiger partial charge in [0.25, 0.3) is 11.8 Å². The lowest BCUT2D eigenvalue weighted by Gasteiger charge is -2.50. The minimum atomic E-state index is -1.18. The first kappa shape index (κ1) is 21.9. The molecule has 7 nitrogen and oxygen atoms in total. The van der Waals surface area contributed by atoms with Gasteiger partial charge in [0.05, 0.1) is 11.9 Å². The summed E-state index contributed by atoms with van der Waals surface area (Å²) >= 11 is 1.68. The van der Waals surface area contributed by atoms with Crippen molar-refractivity contribution in [1.29, 1.82) is 0 Å². The molecule has 0 radical (unpaired) electrons. The first-order chi connectivity index (χ1) is 15.7. The first-order valence-corrected chi connectivity index (χ1v) is 11.5. The fourth-order valence-electron chi connectivity index (χ4n) is 4.92. The maximum Gasteiger partial charge on any atom is 0.275 e. The molecule has 5 rings (SSSR count). The lowest BCUT2D eigenvalue weighted by Crippen LogP contribution is -2.57. The van der Waals surface area contributed by atoms with Gasteiger partial charge in [0, 0.05) is 41.7 Å². The van der Waals surface area contributed by atoms with Gasteiger partial charge >= 0.3 is 0 Å². The molecule has 2 fully saturated rings. The van der Waals surface area contributed by atoms with Gasteiger partial charge in [0.1, 0.15) is 23.0 Å². The van der Waals surface area contributed by atoms with Gasteiger partial charge in [-0.15, -0.1) is 11.8 Å². The van der Waals surface area contributed by atoms with Crippen LogP contribution in [-0.4, -0.2) is 43.1 Å². The van der Waals surface area contributed by atoms with Crippen molar-refractivity contribution in [2.24, 2.45) is 0 Å². The number of hydrogen-bond acceptors (Lipinski definition) is 5. The largest absolute Gasteiger partial charge is 0.503 e. The van der Waals surface area contributed by atoms with Gasteiger partial charge in [-0.2, -0.15) is 0 Å². The highest BCUT2D eigenvalue weighted by Gasteiger charge is 2.45. The highest BCUT2D eigenvalue weighted by Crippen LogP contribution is 2.44. The van der Waals surface area contributed by atoms with Crippen LogP contribution >= 0.6 is 11.8 Å². The lowest BCUT2D eigenvalue weighted by atomic mass is 9.92. The molecule has 3 heterocycles. The highest BCUT2D eigenvalue weighted by molar-refractivity contribution is 8.00. The van der Waals surface area contributed by atoms with Crippen molar-refractivity contribution >= 4 is 23.6 Å². The summed E-state index contributed by atoms with van der Waals surface area (Å²) < 4.78 is 42.2. The average Bonchev–Trinajstić information content (AvgIpc) is 2.75. The van der Waals surface area contributed by atoms with Crippen LogP contribution in [0.5, 0.6) is 5.75 Å². The number of pyridine rings is 1. The second kappa shape index (κ2) is 8.12. The van der Waals surface area contributed by atoms with Crippen LogP contribution in [0.1, 0.15) is 52.1 Å². The number of benzene rings is 1. The second-order valence-corrected chi connectivity index (χ2v) is 9.98. The molecule has 1 aliphatic carbocycles. The Balaban J connectivity index is 1.44. The van der Waals surface area contributed by atoms with Crippen LogP contribution in [0.15, 0.2) is 23.1 Å². The van der Waals surface area contributed by atoms with Crippen molar-refractivity contribution in [3.8, 4) is 5.75 Å². The van der Waals surface area contributed by atoms with E-state index in [4.69, 9.17) is 0 Å². The number of nitrogens with one attached hydrogen (secondary N) is 1. The van der Waals surface area contributed by atoms with Crippen molar-refractivity contribution in [2.45, 2.75) is 55.4 Å².